The summed E-state index contributed by atoms with van der Waals surface area (Å²) in [4.78, 5) is 2.05. The van der Waals surface area contributed by atoms with Gasteiger partial charge in [0.15, 0.2) is 0 Å². The van der Waals surface area contributed by atoms with Gasteiger partial charge in [0, 0.05) is 19.8 Å². The Morgan fingerprint density at radius 2 is 1.65 bits per heavy atom. The number of nitrogens with zero attached hydrogens (tertiary/aromatic N) is 1. The zero-order chi connectivity index (χ0) is 12.0. The number of aliphatic hydroxyl groups is 1. The number of fused-ring (bicyclic) bond motifs is 3. The largest absolute Gasteiger partial charge is 0.384 e. The van der Waals surface area contributed by atoms with Gasteiger partial charge in [-0.15, -0.1) is 0 Å². The van der Waals surface area contributed by atoms with Crippen molar-refractivity contribution in [1.29, 1.82) is 0 Å². The second-order valence-electron chi connectivity index (χ2n) is 4.66. The minimum absolute atomic E-state index is 0.485. The molecule has 2 heteroatoms. The summed E-state index contributed by atoms with van der Waals surface area (Å²) in [5.41, 5.74) is 5.45. The summed E-state index contributed by atoms with van der Waals surface area (Å²) in [6.45, 7) is 0. The summed E-state index contributed by atoms with van der Waals surface area (Å²) < 4.78 is 0. The maximum absolute atomic E-state index is 10.3. The third-order valence-corrected chi connectivity index (χ3v) is 3.39. The first-order valence-corrected chi connectivity index (χ1v) is 5.77. The molecule has 0 spiro atoms. The van der Waals surface area contributed by atoms with Crippen molar-refractivity contribution in [1.82, 2.24) is 0 Å². The van der Waals surface area contributed by atoms with Crippen LogP contribution in [0.5, 0.6) is 0 Å². The number of benzene rings is 2. The molecule has 0 bridgehead atoms. The normalized spacial score (nSPS) is 16.5. The third kappa shape index (κ3) is 1.45. The molecule has 0 aliphatic heterocycles. The molecule has 1 N–H and O–H groups in total. The van der Waals surface area contributed by atoms with E-state index in [0.29, 0.717) is 0 Å². The van der Waals surface area contributed by atoms with E-state index < -0.39 is 6.10 Å². The summed E-state index contributed by atoms with van der Waals surface area (Å²) in [6.07, 6.45) is -0.485. The summed E-state index contributed by atoms with van der Waals surface area (Å²) in [7, 11) is 4.02. The second kappa shape index (κ2) is 3.60. The molecule has 17 heavy (non-hydrogen) atoms. The van der Waals surface area contributed by atoms with Crippen molar-refractivity contribution in [2.75, 3.05) is 19.0 Å². The fourth-order valence-electron chi connectivity index (χ4n) is 2.45. The fourth-order valence-corrected chi connectivity index (χ4v) is 2.45. The van der Waals surface area contributed by atoms with Crippen molar-refractivity contribution in [3.05, 3.63) is 53.6 Å². The summed E-state index contributed by atoms with van der Waals surface area (Å²) >= 11 is 0. The molecule has 0 radical (unpaired) electrons. The molecule has 0 aromatic heterocycles. The van der Waals surface area contributed by atoms with E-state index in [-0.39, 0.29) is 0 Å². The molecule has 1 aliphatic carbocycles. The van der Waals surface area contributed by atoms with E-state index in [1.807, 2.05) is 32.3 Å². The van der Waals surface area contributed by atoms with Crippen LogP contribution in [0.4, 0.5) is 5.69 Å². The van der Waals surface area contributed by atoms with E-state index in [1.165, 1.54) is 0 Å². The highest BCUT2D eigenvalue weighted by atomic mass is 16.3. The molecule has 0 heterocycles. The predicted molar refractivity (Wildman–Crippen MR) is 70.3 cm³/mol. The van der Waals surface area contributed by atoms with Gasteiger partial charge in [0.05, 0.1) is 0 Å². The maximum Gasteiger partial charge on any atom is 0.105 e. The first kappa shape index (κ1) is 10.4. The monoisotopic (exact) mass is 225 g/mol. The number of rotatable bonds is 1. The molecule has 2 aromatic carbocycles. The number of hydrogen-bond acceptors (Lipinski definition) is 2. The highest BCUT2D eigenvalue weighted by Gasteiger charge is 2.26. The van der Waals surface area contributed by atoms with Crippen LogP contribution in [0.25, 0.3) is 11.1 Å². The molecule has 0 saturated heterocycles. The van der Waals surface area contributed by atoms with Gasteiger partial charge in [-0.25, -0.2) is 0 Å². The Labute approximate surface area is 101 Å². The van der Waals surface area contributed by atoms with Gasteiger partial charge in [-0.3, -0.25) is 0 Å². The highest BCUT2D eigenvalue weighted by molar-refractivity contribution is 5.79. The molecule has 2 nitrogen and oxygen atoms in total. The lowest BCUT2D eigenvalue weighted by Crippen LogP contribution is -2.09. The molecule has 0 unspecified atom stereocenters. The summed E-state index contributed by atoms with van der Waals surface area (Å²) in [5, 5.41) is 10.3. The van der Waals surface area contributed by atoms with Crippen molar-refractivity contribution >= 4 is 5.69 Å². The van der Waals surface area contributed by atoms with Crippen LogP contribution in [-0.4, -0.2) is 19.2 Å². The van der Waals surface area contributed by atoms with Crippen LogP contribution >= 0.6 is 0 Å². The Morgan fingerprint density at radius 1 is 0.941 bits per heavy atom. The molecule has 3 rings (SSSR count). The number of anilines is 1. The molecule has 1 aliphatic rings. The van der Waals surface area contributed by atoms with Crippen molar-refractivity contribution in [2.45, 2.75) is 6.10 Å². The van der Waals surface area contributed by atoms with E-state index in [2.05, 4.69) is 29.2 Å². The first-order valence-electron chi connectivity index (χ1n) is 5.77. The molecule has 0 fully saturated rings. The quantitative estimate of drug-likeness (QED) is 0.806. The van der Waals surface area contributed by atoms with Gasteiger partial charge < -0.3 is 10.0 Å². The Hall–Kier alpha value is -1.80. The van der Waals surface area contributed by atoms with E-state index >= 15 is 0 Å². The zero-order valence-electron chi connectivity index (χ0n) is 10.0. The summed E-state index contributed by atoms with van der Waals surface area (Å²) in [5.74, 6) is 0. The fraction of sp³-hybridized carbons (Fsp3) is 0.200. The van der Waals surface area contributed by atoms with Crippen molar-refractivity contribution < 1.29 is 5.11 Å². The van der Waals surface area contributed by atoms with Gasteiger partial charge >= 0.3 is 0 Å². The smallest absolute Gasteiger partial charge is 0.105 e. The van der Waals surface area contributed by atoms with Gasteiger partial charge in [0.2, 0.25) is 0 Å². The highest BCUT2D eigenvalue weighted by Crippen LogP contribution is 2.44. The van der Waals surface area contributed by atoms with Gasteiger partial charge in [0.25, 0.3) is 0 Å². The Morgan fingerprint density at radius 3 is 2.41 bits per heavy atom. The Balaban J connectivity index is 2.20. The number of aliphatic hydroxyl groups excluding tert-OH is 1. The van der Waals surface area contributed by atoms with Crippen LogP contribution in [0.15, 0.2) is 42.5 Å². The molecular formula is C15H15NO. The van der Waals surface area contributed by atoms with Gasteiger partial charge in [-0.05, 0) is 34.4 Å². The van der Waals surface area contributed by atoms with Gasteiger partial charge in [0.1, 0.15) is 6.10 Å². The number of hydrogen-bond donors (Lipinski definition) is 1. The second-order valence-corrected chi connectivity index (χ2v) is 4.66. The topological polar surface area (TPSA) is 23.5 Å². The lowest BCUT2D eigenvalue weighted by Gasteiger charge is -2.14. The van der Waals surface area contributed by atoms with Gasteiger partial charge in [-0.2, -0.15) is 0 Å². The van der Waals surface area contributed by atoms with Crippen LogP contribution in [0, 0.1) is 0 Å². The lowest BCUT2D eigenvalue weighted by atomic mass is 10.1. The standard InChI is InChI=1S/C15H15NO/c1-16(2)10-7-8-12-11-5-3-4-6-13(11)15(17)14(12)9-10/h3-9,15,17H,1-2H3/t15-/m1/s1. The lowest BCUT2D eigenvalue weighted by molar-refractivity contribution is 0.225. The maximum atomic E-state index is 10.3. The Kier molecular flexibility index (Phi) is 2.20. The molecular weight excluding hydrogens is 210 g/mol. The van der Waals surface area contributed by atoms with Crippen LogP contribution in [0.3, 0.4) is 0 Å². The zero-order valence-corrected chi connectivity index (χ0v) is 10.0. The van der Waals surface area contributed by atoms with Crippen LogP contribution in [-0.2, 0) is 0 Å². The molecule has 2 aromatic rings. The third-order valence-electron chi connectivity index (χ3n) is 3.39. The SMILES string of the molecule is CN(C)c1ccc2c(c1)[C@H](O)c1ccccc1-2. The van der Waals surface area contributed by atoms with Gasteiger partial charge in [-0.1, -0.05) is 30.3 Å². The Bertz CT molecular complexity index is 575. The molecule has 0 amide bonds. The van der Waals surface area contributed by atoms with E-state index in [4.69, 9.17) is 0 Å². The van der Waals surface area contributed by atoms with Crippen LogP contribution in [0.1, 0.15) is 17.2 Å². The van der Waals surface area contributed by atoms with Crippen molar-refractivity contribution in [2.24, 2.45) is 0 Å². The van der Waals surface area contributed by atoms with Crippen LogP contribution in [0.2, 0.25) is 0 Å². The van der Waals surface area contributed by atoms with Crippen LogP contribution < -0.4 is 4.90 Å². The van der Waals surface area contributed by atoms with Crippen molar-refractivity contribution in [3.63, 3.8) is 0 Å². The van der Waals surface area contributed by atoms with Crippen molar-refractivity contribution in [3.8, 4) is 11.1 Å². The average molecular weight is 225 g/mol. The first-order chi connectivity index (χ1) is 8.18. The predicted octanol–water partition coefficient (Wildman–Crippen LogP) is 2.81. The molecule has 0 saturated carbocycles. The minimum atomic E-state index is -0.485. The average Bonchev–Trinajstić information content (AvgIpc) is 2.64. The van der Waals surface area contributed by atoms with E-state index in [9.17, 15) is 5.11 Å². The minimum Gasteiger partial charge on any atom is -0.384 e. The molecule has 1 atom stereocenters. The van der Waals surface area contributed by atoms with E-state index in [1.54, 1.807) is 0 Å². The molecule has 86 valence electrons. The summed E-state index contributed by atoms with van der Waals surface area (Å²) in [6, 6.07) is 14.3. The van der Waals surface area contributed by atoms with E-state index in [0.717, 1.165) is 27.9 Å².